The Labute approximate surface area is 169 Å². The Kier molecular flexibility index (Phi) is 5.13. The molecule has 3 aromatic rings. The van der Waals surface area contributed by atoms with Crippen molar-refractivity contribution >= 4 is 34.4 Å². The summed E-state index contributed by atoms with van der Waals surface area (Å²) in [5, 5.41) is 11.4. The highest BCUT2D eigenvalue weighted by Crippen LogP contribution is 2.35. The quantitative estimate of drug-likeness (QED) is 0.692. The molecule has 1 aromatic heterocycles. The van der Waals surface area contributed by atoms with Crippen LogP contribution in [0, 0.1) is 13.8 Å². The fourth-order valence-electron chi connectivity index (χ4n) is 3.50. The van der Waals surface area contributed by atoms with E-state index in [4.69, 9.17) is 0 Å². The zero-order valence-corrected chi connectivity index (χ0v) is 16.9. The number of rotatable bonds is 3. The largest absolute Gasteiger partial charge is 0.465 e. The number of pyridine rings is 1. The number of anilines is 1. The van der Waals surface area contributed by atoms with Crippen LogP contribution < -0.4 is 4.90 Å². The maximum absolute atomic E-state index is 11.2. The molecule has 2 heterocycles. The fourth-order valence-corrected chi connectivity index (χ4v) is 4.54. The Morgan fingerprint density at radius 1 is 1.04 bits per heavy atom. The number of aryl methyl sites for hydroxylation is 2. The van der Waals surface area contributed by atoms with Gasteiger partial charge in [0, 0.05) is 47.6 Å². The highest BCUT2D eigenvalue weighted by atomic mass is 32.2. The van der Waals surface area contributed by atoms with Gasteiger partial charge >= 0.3 is 6.09 Å². The Balaban J connectivity index is 1.64. The first-order chi connectivity index (χ1) is 13.5. The summed E-state index contributed by atoms with van der Waals surface area (Å²) >= 11 is 1.77. The van der Waals surface area contributed by atoms with E-state index in [0.717, 1.165) is 16.6 Å². The molecule has 1 fully saturated rings. The van der Waals surface area contributed by atoms with Gasteiger partial charge in [0.15, 0.2) is 0 Å². The lowest BCUT2D eigenvalue weighted by molar-refractivity contribution is 0.142. The number of benzene rings is 2. The third-order valence-corrected chi connectivity index (χ3v) is 6.29. The minimum absolute atomic E-state index is 0.504. The van der Waals surface area contributed by atoms with E-state index in [0.29, 0.717) is 26.2 Å². The number of fused-ring (bicyclic) bond motifs is 1. The predicted octanol–water partition coefficient (Wildman–Crippen LogP) is 4.80. The van der Waals surface area contributed by atoms with E-state index in [-0.39, 0.29) is 0 Å². The molecule has 0 atom stereocenters. The van der Waals surface area contributed by atoms with Crippen molar-refractivity contribution in [2.75, 3.05) is 31.1 Å². The summed E-state index contributed by atoms with van der Waals surface area (Å²) in [5.74, 6) is 0.936. The number of piperazine rings is 1. The van der Waals surface area contributed by atoms with Crippen LogP contribution in [0.3, 0.4) is 0 Å². The number of hydrogen-bond donors (Lipinski definition) is 1. The molecule has 0 unspecified atom stereocenters. The molecule has 2 aromatic carbocycles. The standard InChI is InChI=1S/C22H23N3O2S/c1-15-3-4-16(2)20(13-15)28-18-6-5-17-7-8-23-21(19(17)14-18)24-9-11-25(12-10-24)22(26)27/h3-8,13-14H,9-12H2,1-2H3,(H,26,27). The second-order valence-electron chi connectivity index (χ2n) is 7.15. The van der Waals surface area contributed by atoms with Crippen molar-refractivity contribution in [2.24, 2.45) is 0 Å². The maximum Gasteiger partial charge on any atom is 0.407 e. The van der Waals surface area contributed by atoms with Crippen LogP contribution in [0.1, 0.15) is 11.1 Å². The van der Waals surface area contributed by atoms with Crippen molar-refractivity contribution in [3.05, 3.63) is 59.8 Å². The first-order valence-electron chi connectivity index (χ1n) is 9.38. The summed E-state index contributed by atoms with van der Waals surface area (Å²) in [6.07, 6.45) is 0.983. The molecule has 1 saturated heterocycles. The molecule has 144 valence electrons. The second-order valence-corrected chi connectivity index (χ2v) is 8.26. The molecule has 6 heteroatoms. The van der Waals surface area contributed by atoms with Gasteiger partial charge in [0.1, 0.15) is 5.82 Å². The lowest BCUT2D eigenvalue weighted by Crippen LogP contribution is -2.48. The number of nitrogens with zero attached hydrogens (tertiary/aromatic N) is 3. The van der Waals surface area contributed by atoms with Crippen LogP contribution in [0.15, 0.2) is 58.5 Å². The Morgan fingerprint density at radius 3 is 2.57 bits per heavy atom. The van der Waals surface area contributed by atoms with E-state index in [1.807, 2.05) is 12.3 Å². The number of aromatic nitrogens is 1. The van der Waals surface area contributed by atoms with Gasteiger partial charge in [-0.1, -0.05) is 30.0 Å². The van der Waals surface area contributed by atoms with Crippen molar-refractivity contribution in [1.29, 1.82) is 0 Å². The second kappa shape index (κ2) is 7.72. The molecule has 5 nitrogen and oxygen atoms in total. The van der Waals surface area contributed by atoms with E-state index in [2.05, 4.69) is 60.1 Å². The third kappa shape index (κ3) is 3.78. The van der Waals surface area contributed by atoms with E-state index in [9.17, 15) is 9.90 Å². The number of amides is 1. The van der Waals surface area contributed by atoms with Crippen LogP contribution in [0.25, 0.3) is 10.8 Å². The molecule has 1 aliphatic rings. The SMILES string of the molecule is Cc1ccc(C)c(Sc2ccc3ccnc(N4CCN(C(=O)O)CC4)c3c2)c1. The summed E-state index contributed by atoms with van der Waals surface area (Å²) < 4.78 is 0. The Bertz CT molecular complexity index is 1030. The van der Waals surface area contributed by atoms with E-state index < -0.39 is 6.09 Å². The van der Waals surface area contributed by atoms with Crippen LogP contribution in [0.4, 0.5) is 10.6 Å². The lowest BCUT2D eigenvalue weighted by atomic mass is 10.1. The van der Waals surface area contributed by atoms with Crippen molar-refractivity contribution in [3.63, 3.8) is 0 Å². The van der Waals surface area contributed by atoms with Gasteiger partial charge in [0.25, 0.3) is 0 Å². The fraction of sp³-hybridized carbons (Fsp3) is 0.273. The molecule has 0 bridgehead atoms. The minimum atomic E-state index is -0.849. The van der Waals surface area contributed by atoms with Crippen molar-refractivity contribution in [3.8, 4) is 0 Å². The summed E-state index contributed by atoms with van der Waals surface area (Å²) in [7, 11) is 0. The zero-order chi connectivity index (χ0) is 19.7. The summed E-state index contributed by atoms with van der Waals surface area (Å²) in [4.78, 5) is 21.9. The molecule has 28 heavy (non-hydrogen) atoms. The van der Waals surface area contributed by atoms with Crippen molar-refractivity contribution in [1.82, 2.24) is 9.88 Å². The van der Waals surface area contributed by atoms with Crippen LogP contribution >= 0.6 is 11.8 Å². The topological polar surface area (TPSA) is 56.7 Å². The highest BCUT2D eigenvalue weighted by molar-refractivity contribution is 7.99. The van der Waals surface area contributed by atoms with Gasteiger partial charge in [-0.15, -0.1) is 0 Å². The first-order valence-corrected chi connectivity index (χ1v) is 10.2. The van der Waals surface area contributed by atoms with Gasteiger partial charge in [0.2, 0.25) is 0 Å². The number of carboxylic acid groups (broad SMARTS) is 1. The summed E-state index contributed by atoms with van der Waals surface area (Å²) in [5.41, 5.74) is 2.53. The van der Waals surface area contributed by atoms with Crippen LogP contribution in [0.5, 0.6) is 0 Å². The molecule has 0 saturated carbocycles. The molecule has 0 spiro atoms. The van der Waals surface area contributed by atoms with Gasteiger partial charge in [-0.2, -0.15) is 0 Å². The van der Waals surface area contributed by atoms with Gasteiger partial charge in [-0.05, 0) is 54.6 Å². The molecule has 4 rings (SSSR count). The van der Waals surface area contributed by atoms with Crippen LogP contribution in [-0.4, -0.2) is 47.3 Å². The van der Waals surface area contributed by atoms with Gasteiger partial charge in [-0.25, -0.2) is 9.78 Å². The number of carbonyl (C=O) groups is 1. The van der Waals surface area contributed by atoms with E-state index in [1.165, 1.54) is 25.8 Å². The van der Waals surface area contributed by atoms with Crippen LogP contribution in [0.2, 0.25) is 0 Å². The van der Waals surface area contributed by atoms with E-state index >= 15 is 0 Å². The monoisotopic (exact) mass is 393 g/mol. The Hall–Kier alpha value is -2.73. The normalized spacial score (nSPS) is 14.5. The maximum atomic E-state index is 11.2. The zero-order valence-electron chi connectivity index (χ0n) is 16.1. The smallest absolute Gasteiger partial charge is 0.407 e. The average Bonchev–Trinajstić information content (AvgIpc) is 2.70. The molecule has 1 N–H and O–H groups in total. The highest BCUT2D eigenvalue weighted by Gasteiger charge is 2.22. The average molecular weight is 394 g/mol. The van der Waals surface area contributed by atoms with Gasteiger partial charge in [-0.3, -0.25) is 0 Å². The molecule has 1 amide bonds. The first kappa shape index (κ1) is 18.6. The van der Waals surface area contributed by atoms with Crippen molar-refractivity contribution < 1.29 is 9.90 Å². The summed E-state index contributed by atoms with van der Waals surface area (Å²) in [6.45, 7) is 6.58. The van der Waals surface area contributed by atoms with Crippen LogP contribution in [-0.2, 0) is 0 Å². The van der Waals surface area contributed by atoms with E-state index in [1.54, 1.807) is 11.8 Å². The molecule has 0 aliphatic carbocycles. The molecule has 1 aliphatic heterocycles. The number of hydrogen-bond acceptors (Lipinski definition) is 4. The third-order valence-electron chi connectivity index (χ3n) is 5.14. The molecular weight excluding hydrogens is 370 g/mol. The molecule has 0 radical (unpaired) electrons. The lowest BCUT2D eigenvalue weighted by Gasteiger charge is -2.34. The predicted molar refractivity (Wildman–Crippen MR) is 114 cm³/mol. The summed E-state index contributed by atoms with van der Waals surface area (Å²) in [6, 6.07) is 15.0. The minimum Gasteiger partial charge on any atom is -0.465 e. The molecular formula is C22H23N3O2S. The van der Waals surface area contributed by atoms with Gasteiger partial charge < -0.3 is 14.9 Å². The Morgan fingerprint density at radius 2 is 1.82 bits per heavy atom. The van der Waals surface area contributed by atoms with Crippen molar-refractivity contribution in [2.45, 2.75) is 23.6 Å². The van der Waals surface area contributed by atoms with Gasteiger partial charge in [0.05, 0.1) is 0 Å².